The minimum atomic E-state index is -4.13. The van der Waals surface area contributed by atoms with E-state index < -0.39 is 18.6 Å². The van der Waals surface area contributed by atoms with E-state index >= 15 is 0 Å². The van der Waals surface area contributed by atoms with Crippen molar-refractivity contribution in [3.05, 3.63) is 29.8 Å². The van der Waals surface area contributed by atoms with Gasteiger partial charge in [-0.1, -0.05) is 12.1 Å². The van der Waals surface area contributed by atoms with Gasteiger partial charge in [-0.15, -0.1) is 0 Å². The maximum absolute atomic E-state index is 12.2. The lowest BCUT2D eigenvalue weighted by Crippen LogP contribution is -2.33. The van der Waals surface area contributed by atoms with Gasteiger partial charge in [-0.05, 0) is 38.5 Å². The highest BCUT2D eigenvalue weighted by Crippen LogP contribution is 2.23. The minimum absolute atomic E-state index is 0.131. The molecule has 1 rings (SSSR count). The summed E-state index contributed by atoms with van der Waals surface area (Å²) in [4.78, 5) is 0. The molecule has 2 nitrogen and oxygen atoms in total. The van der Waals surface area contributed by atoms with Gasteiger partial charge in [0.1, 0.15) is 5.75 Å². The molecule has 0 spiro atoms. The summed E-state index contributed by atoms with van der Waals surface area (Å²) in [7, 11) is 0. The smallest absolute Gasteiger partial charge is 0.390 e. The van der Waals surface area contributed by atoms with Gasteiger partial charge < -0.3 is 10.1 Å². The molecule has 108 valence electrons. The van der Waals surface area contributed by atoms with E-state index in [1.54, 1.807) is 6.92 Å². The van der Waals surface area contributed by atoms with Crippen LogP contribution in [0.5, 0.6) is 5.75 Å². The molecular weight excluding hydrogens is 255 g/mol. The summed E-state index contributed by atoms with van der Waals surface area (Å²) < 4.78 is 42.0. The molecule has 0 fully saturated rings. The molecule has 0 saturated carbocycles. The third kappa shape index (κ3) is 5.96. The van der Waals surface area contributed by atoms with Crippen molar-refractivity contribution in [3.8, 4) is 5.75 Å². The van der Waals surface area contributed by atoms with Gasteiger partial charge in [0.25, 0.3) is 0 Å². The number of halogens is 3. The Morgan fingerprint density at radius 2 is 1.74 bits per heavy atom. The first-order valence-corrected chi connectivity index (χ1v) is 6.37. The van der Waals surface area contributed by atoms with E-state index in [0.29, 0.717) is 6.61 Å². The number of alkyl halides is 3. The van der Waals surface area contributed by atoms with Crippen LogP contribution < -0.4 is 10.1 Å². The Kier molecular flexibility index (Phi) is 5.66. The predicted molar refractivity (Wildman–Crippen MR) is 69.3 cm³/mol. The summed E-state index contributed by atoms with van der Waals surface area (Å²) in [5.74, 6) is 0.766. The summed E-state index contributed by atoms with van der Waals surface area (Å²) in [6.45, 7) is 5.88. The number of ether oxygens (including phenoxy) is 1. The molecule has 2 atom stereocenters. The van der Waals surface area contributed by atoms with Crippen LogP contribution in [0.4, 0.5) is 13.2 Å². The monoisotopic (exact) mass is 275 g/mol. The number of hydrogen-bond acceptors (Lipinski definition) is 2. The number of hydrogen-bond donors (Lipinski definition) is 1. The van der Waals surface area contributed by atoms with Crippen molar-refractivity contribution in [2.24, 2.45) is 0 Å². The van der Waals surface area contributed by atoms with E-state index in [1.165, 1.54) is 0 Å². The standard InChI is InChI=1S/C14H20F3NO/c1-4-19-13-7-5-12(6-8-13)11(3)18-10(2)9-14(15,16)17/h5-8,10-11,18H,4,9H2,1-3H3. The first-order chi connectivity index (χ1) is 8.81. The van der Waals surface area contributed by atoms with Crippen molar-refractivity contribution in [3.63, 3.8) is 0 Å². The molecule has 1 N–H and O–H groups in total. The quantitative estimate of drug-likeness (QED) is 0.844. The lowest BCUT2D eigenvalue weighted by molar-refractivity contribution is -0.139. The fourth-order valence-electron chi connectivity index (χ4n) is 1.95. The van der Waals surface area contributed by atoms with Crippen molar-refractivity contribution < 1.29 is 17.9 Å². The Morgan fingerprint density at radius 1 is 1.16 bits per heavy atom. The molecule has 0 radical (unpaired) electrons. The Hall–Kier alpha value is -1.23. The zero-order chi connectivity index (χ0) is 14.5. The molecule has 5 heteroatoms. The Bertz CT molecular complexity index is 375. The fraction of sp³-hybridized carbons (Fsp3) is 0.571. The predicted octanol–water partition coefficient (Wildman–Crippen LogP) is 4.08. The molecule has 0 aliphatic rings. The van der Waals surface area contributed by atoms with Crippen LogP contribution in [-0.2, 0) is 0 Å². The fourth-order valence-corrected chi connectivity index (χ4v) is 1.95. The second kappa shape index (κ2) is 6.80. The maximum Gasteiger partial charge on any atom is 0.390 e. The van der Waals surface area contributed by atoms with Gasteiger partial charge in [-0.3, -0.25) is 0 Å². The zero-order valence-corrected chi connectivity index (χ0v) is 11.4. The number of benzene rings is 1. The van der Waals surface area contributed by atoms with E-state index in [-0.39, 0.29) is 6.04 Å². The summed E-state index contributed by atoms with van der Waals surface area (Å²) in [6, 6.07) is 6.64. The van der Waals surface area contributed by atoms with Gasteiger partial charge in [0.05, 0.1) is 13.0 Å². The van der Waals surface area contributed by atoms with Crippen molar-refractivity contribution >= 4 is 0 Å². The van der Waals surface area contributed by atoms with Gasteiger partial charge >= 0.3 is 6.18 Å². The number of rotatable bonds is 6. The minimum Gasteiger partial charge on any atom is -0.494 e. The third-order valence-electron chi connectivity index (χ3n) is 2.76. The molecule has 2 unspecified atom stereocenters. The van der Waals surface area contributed by atoms with E-state index in [0.717, 1.165) is 11.3 Å². The zero-order valence-electron chi connectivity index (χ0n) is 11.4. The van der Waals surface area contributed by atoms with E-state index in [9.17, 15) is 13.2 Å². The first kappa shape index (κ1) is 15.8. The molecule has 0 bridgehead atoms. The van der Waals surface area contributed by atoms with Crippen molar-refractivity contribution in [2.45, 2.75) is 45.5 Å². The van der Waals surface area contributed by atoms with Gasteiger partial charge in [-0.2, -0.15) is 13.2 Å². The van der Waals surface area contributed by atoms with Gasteiger partial charge in [-0.25, -0.2) is 0 Å². The third-order valence-corrected chi connectivity index (χ3v) is 2.76. The van der Waals surface area contributed by atoms with Crippen LogP contribution in [0.3, 0.4) is 0 Å². The highest BCUT2D eigenvalue weighted by Gasteiger charge is 2.30. The Morgan fingerprint density at radius 3 is 2.21 bits per heavy atom. The highest BCUT2D eigenvalue weighted by molar-refractivity contribution is 5.28. The van der Waals surface area contributed by atoms with E-state index in [4.69, 9.17) is 4.74 Å². The molecule has 0 amide bonds. The second-order valence-corrected chi connectivity index (χ2v) is 4.61. The SMILES string of the molecule is CCOc1ccc(C(C)NC(C)CC(F)(F)F)cc1. The van der Waals surface area contributed by atoms with Crippen LogP contribution in [0.25, 0.3) is 0 Å². The molecule has 0 aliphatic carbocycles. The second-order valence-electron chi connectivity index (χ2n) is 4.61. The Balaban J connectivity index is 2.55. The van der Waals surface area contributed by atoms with Crippen LogP contribution in [0.15, 0.2) is 24.3 Å². The van der Waals surface area contributed by atoms with Crippen LogP contribution in [0.1, 0.15) is 38.8 Å². The van der Waals surface area contributed by atoms with Gasteiger partial charge in [0.2, 0.25) is 0 Å². The van der Waals surface area contributed by atoms with Gasteiger partial charge in [0.15, 0.2) is 0 Å². The molecular formula is C14H20F3NO. The topological polar surface area (TPSA) is 21.3 Å². The molecule has 0 aliphatic heterocycles. The van der Waals surface area contributed by atoms with E-state index in [2.05, 4.69) is 5.32 Å². The largest absolute Gasteiger partial charge is 0.494 e. The van der Waals surface area contributed by atoms with Crippen molar-refractivity contribution in [2.75, 3.05) is 6.61 Å². The molecule has 19 heavy (non-hydrogen) atoms. The van der Waals surface area contributed by atoms with Crippen LogP contribution in [0, 0.1) is 0 Å². The van der Waals surface area contributed by atoms with Crippen LogP contribution in [0.2, 0.25) is 0 Å². The Labute approximate surface area is 112 Å². The first-order valence-electron chi connectivity index (χ1n) is 6.37. The summed E-state index contributed by atoms with van der Waals surface area (Å²) >= 11 is 0. The molecule has 0 heterocycles. The summed E-state index contributed by atoms with van der Waals surface area (Å²) in [5.41, 5.74) is 0.942. The normalized spacial score (nSPS) is 15.1. The van der Waals surface area contributed by atoms with E-state index in [1.807, 2.05) is 38.1 Å². The van der Waals surface area contributed by atoms with Crippen LogP contribution in [-0.4, -0.2) is 18.8 Å². The average Bonchev–Trinajstić information content (AvgIpc) is 2.27. The van der Waals surface area contributed by atoms with Crippen molar-refractivity contribution in [1.29, 1.82) is 0 Å². The average molecular weight is 275 g/mol. The molecule has 0 saturated heterocycles. The summed E-state index contributed by atoms with van der Waals surface area (Å²) in [6.07, 6.45) is -4.96. The molecule has 1 aromatic rings. The van der Waals surface area contributed by atoms with Gasteiger partial charge in [0, 0.05) is 12.1 Å². The summed E-state index contributed by atoms with van der Waals surface area (Å²) in [5, 5.41) is 2.94. The lowest BCUT2D eigenvalue weighted by atomic mass is 10.1. The lowest BCUT2D eigenvalue weighted by Gasteiger charge is -2.21. The number of nitrogens with one attached hydrogen (secondary N) is 1. The molecule has 0 aromatic heterocycles. The van der Waals surface area contributed by atoms with Crippen molar-refractivity contribution in [1.82, 2.24) is 5.32 Å². The molecule has 1 aromatic carbocycles. The maximum atomic E-state index is 12.2. The highest BCUT2D eigenvalue weighted by atomic mass is 19.4. The van der Waals surface area contributed by atoms with Crippen LogP contribution >= 0.6 is 0 Å².